The third-order valence-corrected chi connectivity index (χ3v) is 11.1. The molecule has 1 N–H and O–H groups in total. The van der Waals surface area contributed by atoms with E-state index in [1.165, 1.54) is 6.07 Å². The lowest BCUT2D eigenvalue weighted by atomic mass is 9.95. The minimum Gasteiger partial charge on any atom is -0.508 e. The molecule has 0 radical (unpaired) electrons. The number of carbonyl (C=O) groups excluding carboxylic acids is 1. The van der Waals surface area contributed by atoms with Crippen molar-refractivity contribution in [2.45, 2.75) is 75.4 Å². The second-order valence-electron chi connectivity index (χ2n) is 13.8. The fourth-order valence-corrected chi connectivity index (χ4v) is 9.00. The van der Waals surface area contributed by atoms with Crippen LogP contribution in [0.2, 0.25) is 5.15 Å². The first-order valence-corrected chi connectivity index (χ1v) is 17.2. The third kappa shape index (κ3) is 5.37. The first-order chi connectivity index (χ1) is 23.9. The maximum atomic E-state index is 17.0. The van der Waals surface area contributed by atoms with Crippen LogP contribution in [0.15, 0.2) is 30.3 Å². The molecule has 9 nitrogen and oxygen atoms in total. The fraction of sp³-hybridized carbons (Fsp3) is 0.486. The number of piperazine rings is 1. The molecule has 1 amide bonds. The monoisotopic (exact) mass is 716 g/mol. The molecule has 4 saturated heterocycles. The van der Waals surface area contributed by atoms with Gasteiger partial charge in [0.15, 0.2) is 5.82 Å². The molecule has 2 aromatic carbocycles. The summed E-state index contributed by atoms with van der Waals surface area (Å²) in [6.45, 7) is 3.02. The minimum atomic E-state index is -5.02. The summed E-state index contributed by atoms with van der Waals surface area (Å²) in [5, 5.41) is 11.9. The van der Waals surface area contributed by atoms with E-state index in [1.807, 2.05) is 19.1 Å². The Bertz CT molecular complexity index is 2020. The summed E-state index contributed by atoms with van der Waals surface area (Å²) in [4.78, 5) is 30.6. The van der Waals surface area contributed by atoms with Crippen molar-refractivity contribution in [3.05, 3.63) is 46.9 Å². The van der Waals surface area contributed by atoms with Gasteiger partial charge in [0.05, 0.1) is 23.0 Å². The summed E-state index contributed by atoms with van der Waals surface area (Å²) >= 11 is 6.87. The van der Waals surface area contributed by atoms with Crippen LogP contribution in [-0.4, -0.2) is 98.5 Å². The van der Waals surface area contributed by atoms with Gasteiger partial charge < -0.3 is 19.6 Å². The number of phenols is 1. The molecule has 2 aromatic heterocycles. The number of hydrogen-bond donors (Lipinski definition) is 1. The molecule has 264 valence electrons. The molecule has 8 rings (SSSR count). The molecule has 4 aliphatic heterocycles. The SMILES string of the molecule is CCc1cccc2cc(O)cc(-c3nc(Cl)c4c(N5CC6CCC(C5)N6C(=O)C(F)(F)F)nc(OC[C@@]56CCCN5C[C@H](F)C6)nc4c3F)c12. The van der Waals surface area contributed by atoms with Gasteiger partial charge in [0.1, 0.15) is 40.7 Å². The van der Waals surface area contributed by atoms with Gasteiger partial charge in [0.25, 0.3) is 0 Å². The summed E-state index contributed by atoms with van der Waals surface area (Å²) in [5.74, 6) is -2.72. The highest BCUT2D eigenvalue weighted by molar-refractivity contribution is 6.35. The number of rotatable bonds is 6. The Morgan fingerprint density at radius 3 is 2.58 bits per heavy atom. The number of pyridine rings is 1. The van der Waals surface area contributed by atoms with E-state index < -0.39 is 41.7 Å². The lowest BCUT2D eigenvalue weighted by Gasteiger charge is -2.42. The second kappa shape index (κ2) is 12.0. The van der Waals surface area contributed by atoms with Crippen molar-refractivity contribution in [2.75, 3.05) is 37.7 Å². The second-order valence-corrected chi connectivity index (χ2v) is 14.2. The first-order valence-electron chi connectivity index (χ1n) is 16.8. The molecule has 4 fully saturated rings. The molecule has 15 heteroatoms. The van der Waals surface area contributed by atoms with Crippen LogP contribution in [0, 0.1) is 5.82 Å². The van der Waals surface area contributed by atoms with E-state index in [1.54, 1.807) is 17.0 Å². The highest BCUT2D eigenvalue weighted by Gasteiger charge is 2.52. The maximum absolute atomic E-state index is 17.0. The van der Waals surface area contributed by atoms with Crippen LogP contribution < -0.4 is 9.64 Å². The highest BCUT2D eigenvalue weighted by atomic mass is 35.5. The van der Waals surface area contributed by atoms with Gasteiger partial charge in [-0.05, 0) is 67.1 Å². The van der Waals surface area contributed by atoms with Crippen LogP contribution in [0.3, 0.4) is 0 Å². The van der Waals surface area contributed by atoms with E-state index >= 15 is 4.39 Å². The van der Waals surface area contributed by atoms with Crippen LogP contribution in [0.5, 0.6) is 11.8 Å². The smallest absolute Gasteiger partial charge is 0.471 e. The van der Waals surface area contributed by atoms with Crippen molar-refractivity contribution < 1.29 is 36.6 Å². The quantitative estimate of drug-likeness (QED) is 0.176. The number of amides is 1. The first kappa shape index (κ1) is 33.1. The summed E-state index contributed by atoms with van der Waals surface area (Å²) < 4.78 is 78.3. The molecule has 6 heterocycles. The van der Waals surface area contributed by atoms with Crippen molar-refractivity contribution in [2.24, 2.45) is 0 Å². The minimum absolute atomic E-state index is 0.0120. The van der Waals surface area contributed by atoms with Crippen molar-refractivity contribution in [3.63, 3.8) is 0 Å². The van der Waals surface area contributed by atoms with E-state index in [2.05, 4.69) is 19.9 Å². The van der Waals surface area contributed by atoms with Gasteiger partial charge in [0.2, 0.25) is 0 Å². The fourth-order valence-electron chi connectivity index (χ4n) is 8.74. The van der Waals surface area contributed by atoms with Crippen LogP contribution in [-0.2, 0) is 11.2 Å². The van der Waals surface area contributed by atoms with Crippen LogP contribution >= 0.6 is 11.6 Å². The largest absolute Gasteiger partial charge is 0.508 e. The summed E-state index contributed by atoms with van der Waals surface area (Å²) in [6, 6.07) is 6.85. The van der Waals surface area contributed by atoms with E-state index in [-0.39, 0.29) is 65.4 Å². The normalized spacial score (nSPS) is 25.2. The number of fused-ring (bicyclic) bond motifs is 5. The molecule has 4 aliphatic rings. The number of alkyl halides is 4. The van der Waals surface area contributed by atoms with E-state index in [0.717, 1.165) is 23.4 Å². The molecule has 2 bridgehead atoms. The predicted molar refractivity (Wildman–Crippen MR) is 177 cm³/mol. The average molecular weight is 717 g/mol. The number of anilines is 1. The van der Waals surface area contributed by atoms with Crippen LogP contribution in [0.1, 0.15) is 44.6 Å². The maximum Gasteiger partial charge on any atom is 0.471 e. The zero-order chi connectivity index (χ0) is 35.1. The van der Waals surface area contributed by atoms with E-state index in [9.17, 15) is 27.5 Å². The summed E-state index contributed by atoms with van der Waals surface area (Å²) in [7, 11) is 0. The number of aryl methyl sites for hydroxylation is 1. The van der Waals surface area contributed by atoms with Crippen molar-refractivity contribution in [3.8, 4) is 23.0 Å². The molecule has 4 aromatic rings. The van der Waals surface area contributed by atoms with E-state index in [0.29, 0.717) is 48.6 Å². The van der Waals surface area contributed by atoms with Crippen molar-refractivity contribution >= 4 is 45.0 Å². The number of phenolic OH excluding ortho intramolecular Hbond substituents is 1. The van der Waals surface area contributed by atoms with Gasteiger partial charge in [-0.3, -0.25) is 9.69 Å². The van der Waals surface area contributed by atoms with Gasteiger partial charge in [0, 0.05) is 31.6 Å². The lowest BCUT2D eigenvalue weighted by Crippen LogP contribution is -2.59. The molecule has 4 atom stereocenters. The van der Waals surface area contributed by atoms with Crippen LogP contribution in [0.25, 0.3) is 32.9 Å². The lowest BCUT2D eigenvalue weighted by molar-refractivity contribution is -0.188. The third-order valence-electron chi connectivity index (χ3n) is 10.9. The zero-order valence-corrected chi connectivity index (χ0v) is 27.9. The van der Waals surface area contributed by atoms with Crippen LogP contribution in [0.4, 0.5) is 27.8 Å². The topological polar surface area (TPSA) is 94.9 Å². The van der Waals surface area contributed by atoms with Crippen molar-refractivity contribution in [1.82, 2.24) is 24.8 Å². The number of nitrogens with zero attached hydrogens (tertiary/aromatic N) is 6. The standard InChI is InChI=1S/C35H34ClF5N6O3/c1-2-18-5-3-6-19-11-23(48)12-24(25(18)19)28-27(38)29-26(30(36)42-28)31(45-15-21-7-8-22(16-45)47(21)32(49)35(39,40)41)44-33(43-29)50-17-34-9-4-10-46(34)14-20(37)13-34/h3,5-6,11-12,20-22,48H,2,4,7-10,13-17H2,1H3/t20-,21?,22?,34+/m1/s1. The molecule has 0 aliphatic carbocycles. The van der Waals surface area contributed by atoms with Crippen molar-refractivity contribution in [1.29, 1.82) is 0 Å². The van der Waals surface area contributed by atoms with E-state index in [4.69, 9.17) is 16.3 Å². The Hall–Kier alpha value is -4.04. The van der Waals surface area contributed by atoms with Gasteiger partial charge in [-0.2, -0.15) is 23.1 Å². The average Bonchev–Trinajstić information content (AvgIpc) is 3.69. The Labute approximate surface area is 289 Å². The predicted octanol–water partition coefficient (Wildman–Crippen LogP) is 6.60. The summed E-state index contributed by atoms with van der Waals surface area (Å²) in [5.41, 5.74) is 0.266. The molecule has 50 heavy (non-hydrogen) atoms. The number of aromatic nitrogens is 3. The van der Waals surface area contributed by atoms with Gasteiger partial charge >= 0.3 is 18.1 Å². The van der Waals surface area contributed by atoms with Gasteiger partial charge in [-0.1, -0.05) is 36.7 Å². The number of benzene rings is 2. The Morgan fingerprint density at radius 1 is 1.10 bits per heavy atom. The Morgan fingerprint density at radius 2 is 1.86 bits per heavy atom. The molecular weight excluding hydrogens is 683 g/mol. The van der Waals surface area contributed by atoms with Gasteiger partial charge in [-0.25, -0.2) is 13.8 Å². The molecule has 0 saturated carbocycles. The number of hydrogen-bond acceptors (Lipinski definition) is 8. The molecule has 0 spiro atoms. The number of carbonyl (C=O) groups is 1. The summed E-state index contributed by atoms with van der Waals surface area (Å²) in [6.07, 6.45) is -2.83. The highest BCUT2D eigenvalue weighted by Crippen LogP contribution is 2.44. The van der Waals surface area contributed by atoms with Gasteiger partial charge in [-0.15, -0.1) is 0 Å². The molecular formula is C35H34ClF5N6O3. The number of halogens is 6. The number of ether oxygens (including phenoxy) is 1. The zero-order valence-electron chi connectivity index (χ0n) is 27.1. The number of aromatic hydroxyl groups is 1. The molecule has 2 unspecified atom stereocenters. The Balaban J connectivity index is 1.26. The Kier molecular flexibility index (Phi) is 7.97.